The van der Waals surface area contributed by atoms with Gasteiger partial charge in [0.05, 0.1) is 23.2 Å². The molecule has 154 valence electrons. The third-order valence-electron chi connectivity index (χ3n) is 5.72. The minimum atomic E-state index is -3.70. The van der Waals surface area contributed by atoms with Gasteiger partial charge in [-0.05, 0) is 36.8 Å². The molecule has 0 bridgehead atoms. The molecule has 9 heteroatoms. The first-order valence-electron chi connectivity index (χ1n) is 9.63. The zero-order valence-electron chi connectivity index (χ0n) is 16.3. The molecule has 0 radical (unpaired) electrons. The number of sulfonamides is 1. The Bertz CT molecular complexity index is 1380. The van der Waals surface area contributed by atoms with E-state index in [9.17, 15) is 18.0 Å². The third kappa shape index (κ3) is 2.73. The van der Waals surface area contributed by atoms with E-state index < -0.39 is 27.4 Å². The predicted octanol–water partition coefficient (Wildman–Crippen LogP) is 1.29. The van der Waals surface area contributed by atoms with E-state index in [1.807, 2.05) is 19.1 Å². The van der Waals surface area contributed by atoms with Gasteiger partial charge in [-0.25, -0.2) is 31.9 Å². The topological polar surface area (TPSA) is 86.3 Å². The summed E-state index contributed by atoms with van der Waals surface area (Å²) >= 11 is 0. The van der Waals surface area contributed by atoms with Crippen molar-refractivity contribution in [1.29, 1.82) is 0 Å². The van der Waals surface area contributed by atoms with Crippen molar-refractivity contribution in [3.8, 4) is 5.69 Å². The van der Waals surface area contributed by atoms with E-state index in [1.165, 1.54) is 13.7 Å². The Morgan fingerprint density at radius 1 is 0.933 bits per heavy atom. The standard InChI is InChI=1S/C21H20N4O4S/c1-15-7-9-18(10-8-15)30(28,29)22-13-16-11-12-23-20(26)24(17-5-3-2-4-6-17)21(27)25(23)19(16)14-22/h2-11,19H,12-14H2,1H3. The summed E-state index contributed by atoms with van der Waals surface area (Å²) in [6.07, 6.45) is 1.85. The van der Waals surface area contributed by atoms with E-state index in [0.717, 1.165) is 15.7 Å². The van der Waals surface area contributed by atoms with Crippen molar-refractivity contribution >= 4 is 10.0 Å². The lowest BCUT2D eigenvalue weighted by atomic mass is 10.1. The predicted molar refractivity (Wildman–Crippen MR) is 111 cm³/mol. The minimum Gasteiger partial charge on any atom is -0.245 e. The van der Waals surface area contributed by atoms with Crippen LogP contribution in [0.1, 0.15) is 11.6 Å². The quantitative estimate of drug-likeness (QED) is 0.593. The number of hydrogen-bond donors (Lipinski definition) is 0. The molecule has 2 aromatic carbocycles. The molecule has 1 saturated heterocycles. The minimum absolute atomic E-state index is 0.111. The number of aromatic nitrogens is 3. The number of fused-ring (bicyclic) bond motifs is 3. The van der Waals surface area contributed by atoms with Gasteiger partial charge in [-0.3, -0.25) is 0 Å². The van der Waals surface area contributed by atoms with Crippen molar-refractivity contribution in [1.82, 2.24) is 18.2 Å². The van der Waals surface area contributed by atoms with Crippen LogP contribution in [0.25, 0.3) is 5.69 Å². The van der Waals surface area contributed by atoms with Crippen molar-refractivity contribution in [2.24, 2.45) is 0 Å². The maximum Gasteiger partial charge on any atom is 0.352 e. The molecular formula is C21H20N4O4S. The number of rotatable bonds is 3. The lowest BCUT2D eigenvalue weighted by molar-refractivity contribution is 0.378. The molecule has 3 aromatic rings. The first-order valence-corrected chi connectivity index (χ1v) is 11.1. The smallest absolute Gasteiger partial charge is 0.245 e. The monoisotopic (exact) mass is 424 g/mol. The summed E-state index contributed by atoms with van der Waals surface area (Å²) in [5, 5.41) is 0. The van der Waals surface area contributed by atoms with E-state index >= 15 is 0 Å². The second kappa shape index (κ2) is 6.68. The Morgan fingerprint density at radius 3 is 2.33 bits per heavy atom. The number of hydrogen-bond acceptors (Lipinski definition) is 4. The van der Waals surface area contributed by atoms with Crippen molar-refractivity contribution in [2.45, 2.75) is 24.4 Å². The van der Waals surface area contributed by atoms with Gasteiger partial charge in [-0.2, -0.15) is 4.31 Å². The lowest BCUT2D eigenvalue weighted by Crippen LogP contribution is -2.35. The van der Waals surface area contributed by atoms with Crippen LogP contribution < -0.4 is 11.4 Å². The van der Waals surface area contributed by atoms with Gasteiger partial charge in [-0.1, -0.05) is 42.0 Å². The molecule has 0 aliphatic carbocycles. The number of allylic oxidation sites excluding steroid dienone is 1. The van der Waals surface area contributed by atoms with Crippen LogP contribution in [-0.4, -0.2) is 39.7 Å². The Labute approximate surface area is 172 Å². The van der Waals surface area contributed by atoms with Crippen molar-refractivity contribution in [3.63, 3.8) is 0 Å². The fourth-order valence-electron chi connectivity index (χ4n) is 4.13. The van der Waals surface area contributed by atoms with Gasteiger partial charge in [0.1, 0.15) is 0 Å². The highest BCUT2D eigenvalue weighted by atomic mass is 32.2. The fourth-order valence-corrected chi connectivity index (χ4v) is 5.56. The molecule has 2 aliphatic heterocycles. The number of para-hydroxylation sites is 1. The van der Waals surface area contributed by atoms with E-state index in [2.05, 4.69) is 0 Å². The summed E-state index contributed by atoms with van der Waals surface area (Å²) in [5.41, 5.74) is 1.41. The first kappa shape index (κ1) is 18.8. The van der Waals surface area contributed by atoms with Crippen LogP contribution in [0, 0.1) is 6.92 Å². The lowest BCUT2D eigenvalue weighted by Gasteiger charge is -2.20. The molecule has 2 aliphatic rings. The third-order valence-corrected chi connectivity index (χ3v) is 7.54. The molecule has 8 nitrogen and oxygen atoms in total. The molecule has 1 unspecified atom stereocenters. The second-order valence-electron chi connectivity index (χ2n) is 7.57. The molecule has 0 saturated carbocycles. The highest BCUT2D eigenvalue weighted by Gasteiger charge is 2.40. The summed E-state index contributed by atoms with van der Waals surface area (Å²) < 4.78 is 31.5. The Kier molecular flexibility index (Phi) is 4.19. The molecule has 0 amide bonds. The van der Waals surface area contributed by atoms with E-state index in [4.69, 9.17) is 0 Å². The van der Waals surface area contributed by atoms with Crippen molar-refractivity contribution in [3.05, 3.63) is 92.8 Å². The zero-order chi connectivity index (χ0) is 21.0. The van der Waals surface area contributed by atoms with Gasteiger partial charge >= 0.3 is 11.4 Å². The highest BCUT2D eigenvalue weighted by Crippen LogP contribution is 2.32. The normalized spacial score (nSPS) is 18.7. The van der Waals surface area contributed by atoms with Crippen LogP contribution in [0.4, 0.5) is 0 Å². The second-order valence-corrected chi connectivity index (χ2v) is 9.51. The van der Waals surface area contributed by atoms with E-state index in [-0.39, 0.29) is 24.5 Å². The zero-order valence-corrected chi connectivity index (χ0v) is 17.1. The highest BCUT2D eigenvalue weighted by molar-refractivity contribution is 7.89. The molecule has 1 aromatic heterocycles. The van der Waals surface area contributed by atoms with Crippen LogP contribution in [0.3, 0.4) is 0 Å². The number of benzene rings is 2. The summed E-state index contributed by atoms with van der Waals surface area (Å²) in [6.45, 7) is 2.45. The van der Waals surface area contributed by atoms with Gasteiger partial charge < -0.3 is 0 Å². The number of aryl methyl sites for hydroxylation is 1. The molecule has 0 spiro atoms. The van der Waals surface area contributed by atoms with Gasteiger partial charge in [-0.15, -0.1) is 0 Å². The molecule has 3 heterocycles. The SMILES string of the molecule is Cc1ccc(S(=O)(=O)N2CC3=CCn4c(=O)n(-c5ccccc5)c(=O)n4C3C2)cc1. The van der Waals surface area contributed by atoms with Crippen LogP contribution in [0.15, 0.2) is 80.7 Å². The van der Waals surface area contributed by atoms with Gasteiger partial charge in [0.25, 0.3) is 0 Å². The summed E-state index contributed by atoms with van der Waals surface area (Å²) in [4.78, 5) is 26.3. The van der Waals surface area contributed by atoms with Crippen LogP contribution in [0.5, 0.6) is 0 Å². The summed E-state index contributed by atoms with van der Waals surface area (Å²) in [5.74, 6) is 0. The van der Waals surface area contributed by atoms with Gasteiger partial charge in [0.15, 0.2) is 0 Å². The maximum absolute atomic E-state index is 13.2. The average Bonchev–Trinajstić information content (AvgIpc) is 3.29. The fraction of sp³-hybridized carbons (Fsp3) is 0.238. The summed E-state index contributed by atoms with van der Waals surface area (Å²) in [7, 11) is -3.70. The van der Waals surface area contributed by atoms with E-state index in [1.54, 1.807) is 48.5 Å². The largest absolute Gasteiger partial charge is 0.352 e. The Balaban J connectivity index is 1.55. The number of nitrogens with zero attached hydrogens (tertiary/aromatic N) is 4. The Morgan fingerprint density at radius 2 is 1.63 bits per heavy atom. The molecule has 0 N–H and O–H groups in total. The summed E-state index contributed by atoms with van der Waals surface area (Å²) in [6, 6.07) is 14.9. The van der Waals surface area contributed by atoms with Gasteiger partial charge in [0.2, 0.25) is 10.0 Å². The maximum atomic E-state index is 13.2. The molecule has 1 fully saturated rings. The van der Waals surface area contributed by atoms with Crippen molar-refractivity contribution in [2.75, 3.05) is 13.1 Å². The molecule has 5 rings (SSSR count). The molecule has 1 atom stereocenters. The molecular weight excluding hydrogens is 404 g/mol. The van der Waals surface area contributed by atoms with Crippen LogP contribution in [-0.2, 0) is 16.6 Å². The van der Waals surface area contributed by atoms with E-state index in [0.29, 0.717) is 5.69 Å². The van der Waals surface area contributed by atoms with Crippen LogP contribution in [0.2, 0.25) is 0 Å². The Hall–Kier alpha value is -3.17. The molecule has 30 heavy (non-hydrogen) atoms. The van der Waals surface area contributed by atoms with Crippen LogP contribution >= 0.6 is 0 Å². The van der Waals surface area contributed by atoms with Crippen molar-refractivity contribution < 1.29 is 8.42 Å². The van der Waals surface area contributed by atoms with Gasteiger partial charge in [0, 0.05) is 13.1 Å². The first-order chi connectivity index (χ1) is 14.4. The average molecular weight is 424 g/mol.